The lowest BCUT2D eigenvalue weighted by molar-refractivity contribution is -0.127. The molecule has 1 aliphatic rings. The fourth-order valence-corrected chi connectivity index (χ4v) is 4.37. The molecule has 0 spiro atoms. The van der Waals surface area contributed by atoms with Crippen molar-refractivity contribution < 1.29 is 19.1 Å². The molecule has 0 atom stereocenters. The number of nitrogens with two attached hydrogens (primary N) is 1. The van der Waals surface area contributed by atoms with Gasteiger partial charge in [-0.2, -0.15) is 0 Å². The first-order valence-electron chi connectivity index (χ1n) is 12.5. The third-order valence-electron chi connectivity index (χ3n) is 6.38. The summed E-state index contributed by atoms with van der Waals surface area (Å²) < 4.78 is 5.45. The molecule has 1 fully saturated rings. The van der Waals surface area contributed by atoms with Crippen LogP contribution in [-0.2, 0) is 4.79 Å². The monoisotopic (exact) mass is 529 g/mol. The predicted molar refractivity (Wildman–Crippen MR) is 149 cm³/mol. The van der Waals surface area contributed by atoms with Gasteiger partial charge in [0.15, 0.2) is 0 Å². The second-order valence-electron chi connectivity index (χ2n) is 8.71. The molecule has 1 aromatic carbocycles. The first-order valence-corrected chi connectivity index (χ1v) is 12.5. The Hall–Kier alpha value is -4.93. The second kappa shape index (κ2) is 12.1. The highest BCUT2D eigenvalue weighted by molar-refractivity contribution is 6.45. The Morgan fingerprint density at radius 3 is 2.51 bits per heavy atom. The van der Waals surface area contributed by atoms with Crippen LogP contribution in [0, 0.1) is 0 Å². The van der Waals surface area contributed by atoms with Gasteiger partial charge in [0, 0.05) is 50.7 Å². The third kappa shape index (κ3) is 5.66. The van der Waals surface area contributed by atoms with Crippen molar-refractivity contribution in [3.63, 3.8) is 0 Å². The maximum Gasteiger partial charge on any atom is 0.295 e. The van der Waals surface area contributed by atoms with Crippen molar-refractivity contribution in [2.45, 2.75) is 6.92 Å². The van der Waals surface area contributed by atoms with Gasteiger partial charge in [-0.05, 0) is 25.1 Å². The molecule has 0 radical (unpaired) electrons. The summed E-state index contributed by atoms with van der Waals surface area (Å²) in [4.78, 5) is 54.1. The summed E-state index contributed by atoms with van der Waals surface area (Å²) in [5, 5.41) is 3.38. The number of benzene rings is 1. The van der Waals surface area contributed by atoms with Crippen LogP contribution < -0.4 is 15.8 Å². The number of fused-ring (bicyclic) bond motifs is 1. The Labute approximate surface area is 226 Å². The quantitative estimate of drug-likeness (QED) is 0.175. The minimum atomic E-state index is -0.691. The highest BCUT2D eigenvalue weighted by atomic mass is 16.5. The average Bonchev–Trinajstić information content (AvgIpc) is 3.43. The number of ketones is 1. The van der Waals surface area contributed by atoms with Crippen LogP contribution in [0.15, 0.2) is 66.6 Å². The number of Topliss-reactive ketones (excluding diaryl/α,β-unsaturated/α-hetero) is 1. The molecule has 3 heterocycles. The highest BCUT2D eigenvalue weighted by Crippen LogP contribution is 2.32. The zero-order valence-electron chi connectivity index (χ0n) is 21.9. The number of carbonyl (C=O) groups is 3. The molecule has 202 valence electrons. The van der Waals surface area contributed by atoms with Gasteiger partial charge in [0.1, 0.15) is 17.3 Å². The number of rotatable bonds is 8. The molecule has 39 heavy (non-hydrogen) atoms. The summed E-state index contributed by atoms with van der Waals surface area (Å²) in [5.74, 6) is -0.575. The molecule has 2 amide bonds. The zero-order chi connectivity index (χ0) is 27.9. The zero-order valence-corrected chi connectivity index (χ0v) is 21.9. The van der Waals surface area contributed by atoms with Crippen molar-refractivity contribution in [3.8, 4) is 5.75 Å². The molecule has 4 rings (SSSR count). The van der Waals surface area contributed by atoms with Gasteiger partial charge in [-0.15, -0.1) is 0 Å². The number of amidine groups is 1. The van der Waals surface area contributed by atoms with Gasteiger partial charge in [-0.25, -0.2) is 4.98 Å². The fourth-order valence-electron chi connectivity index (χ4n) is 4.37. The number of aromatic amines is 1. The van der Waals surface area contributed by atoms with Gasteiger partial charge in [-0.1, -0.05) is 24.8 Å². The van der Waals surface area contributed by atoms with Crippen molar-refractivity contribution >= 4 is 40.0 Å². The number of ether oxygens (including phenoxy) is 1. The van der Waals surface area contributed by atoms with Crippen LogP contribution in [-0.4, -0.2) is 83.0 Å². The molecular weight excluding hydrogens is 498 g/mol. The number of nitrogens with zero attached hydrogens (tertiary/aromatic N) is 4. The summed E-state index contributed by atoms with van der Waals surface area (Å²) in [6.45, 7) is 7.35. The molecule has 11 nitrogen and oxygen atoms in total. The van der Waals surface area contributed by atoms with Crippen LogP contribution in [0.2, 0.25) is 0 Å². The van der Waals surface area contributed by atoms with E-state index in [1.807, 2.05) is 13.0 Å². The molecule has 1 aliphatic heterocycles. The molecule has 2 aromatic heterocycles. The number of H-pyrrole nitrogens is 1. The van der Waals surface area contributed by atoms with E-state index in [1.54, 1.807) is 35.2 Å². The number of hydrogen-bond acceptors (Lipinski definition) is 7. The van der Waals surface area contributed by atoms with Gasteiger partial charge in [-0.3, -0.25) is 19.4 Å². The van der Waals surface area contributed by atoms with E-state index in [2.05, 4.69) is 26.9 Å². The molecule has 0 unspecified atom stereocenters. The molecule has 0 saturated carbocycles. The predicted octanol–water partition coefficient (Wildman–Crippen LogP) is 2.19. The van der Waals surface area contributed by atoms with E-state index in [4.69, 9.17) is 10.5 Å². The normalized spacial score (nSPS) is 14.3. The number of aromatic nitrogens is 2. The molecular formula is C28H31N7O4. The Bertz CT molecular complexity index is 1450. The number of amides is 2. The number of methoxy groups -OCH3 is 1. The Morgan fingerprint density at radius 2 is 1.87 bits per heavy atom. The van der Waals surface area contributed by atoms with Crippen LogP contribution >= 0.6 is 0 Å². The number of nitrogens with one attached hydrogen (secondary N) is 2. The smallest absolute Gasteiger partial charge is 0.295 e. The lowest BCUT2D eigenvalue weighted by Crippen LogP contribution is -2.52. The van der Waals surface area contributed by atoms with Crippen molar-refractivity contribution in [1.82, 2.24) is 25.1 Å². The largest absolute Gasteiger partial charge is 0.494 e. The SMILES string of the molecule is C=CC(=NCC)N/C=C(\N)c1ncc(OC)c2c(C(=O)C(=O)N3CCN(C(=O)c4ccccc4)CC3)c[nH]c12. The van der Waals surface area contributed by atoms with Gasteiger partial charge in [0.05, 0.1) is 35.5 Å². The van der Waals surface area contributed by atoms with Crippen LogP contribution in [0.4, 0.5) is 0 Å². The summed E-state index contributed by atoms with van der Waals surface area (Å²) in [7, 11) is 1.46. The maximum atomic E-state index is 13.4. The number of piperazine rings is 1. The molecule has 3 aromatic rings. The average molecular weight is 530 g/mol. The van der Waals surface area contributed by atoms with E-state index in [0.29, 0.717) is 53.4 Å². The lowest BCUT2D eigenvalue weighted by Gasteiger charge is -2.34. The summed E-state index contributed by atoms with van der Waals surface area (Å²) in [5.41, 5.74) is 8.13. The standard InChI is InChI=1S/C28H31N7O4/c1-4-22(30-5-2)31-16-20(29)24-25-23(21(39-3)17-33-24)19(15-32-25)26(36)28(38)35-13-11-34(12-14-35)27(37)18-9-7-6-8-10-18/h4,6-10,15-17,32H,1,5,11-14,29H2,2-3H3,(H,30,31)/b20-16-. The molecule has 0 bridgehead atoms. The van der Waals surface area contributed by atoms with E-state index in [1.165, 1.54) is 30.6 Å². The Balaban J connectivity index is 1.54. The minimum absolute atomic E-state index is 0.100. The highest BCUT2D eigenvalue weighted by Gasteiger charge is 2.31. The molecule has 0 aliphatic carbocycles. The van der Waals surface area contributed by atoms with E-state index in [-0.39, 0.29) is 30.3 Å². The third-order valence-corrected chi connectivity index (χ3v) is 6.38. The summed E-state index contributed by atoms with van der Waals surface area (Å²) in [6.07, 6.45) is 6.02. The van der Waals surface area contributed by atoms with E-state index >= 15 is 0 Å². The number of aliphatic imine (C=N–C) groups is 1. The van der Waals surface area contributed by atoms with Crippen molar-refractivity contribution in [1.29, 1.82) is 0 Å². The van der Waals surface area contributed by atoms with Crippen molar-refractivity contribution in [2.24, 2.45) is 10.7 Å². The molecule has 1 saturated heterocycles. The fraction of sp³-hybridized carbons (Fsp3) is 0.250. The van der Waals surface area contributed by atoms with E-state index in [0.717, 1.165) is 0 Å². The van der Waals surface area contributed by atoms with Crippen LogP contribution in [0.1, 0.15) is 33.3 Å². The van der Waals surface area contributed by atoms with Crippen molar-refractivity contribution in [2.75, 3.05) is 39.8 Å². The van der Waals surface area contributed by atoms with Crippen LogP contribution in [0.5, 0.6) is 5.75 Å². The Kier molecular flexibility index (Phi) is 8.40. The first-order chi connectivity index (χ1) is 18.9. The van der Waals surface area contributed by atoms with E-state index in [9.17, 15) is 14.4 Å². The maximum absolute atomic E-state index is 13.4. The lowest BCUT2D eigenvalue weighted by atomic mass is 10.1. The van der Waals surface area contributed by atoms with Crippen LogP contribution in [0.3, 0.4) is 0 Å². The van der Waals surface area contributed by atoms with Crippen molar-refractivity contribution in [3.05, 3.63) is 78.4 Å². The minimum Gasteiger partial charge on any atom is -0.494 e. The molecule has 11 heteroatoms. The summed E-state index contributed by atoms with van der Waals surface area (Å²) in [6, 6.07) is 8.97. The first kappa shape index (κ1) is 27.1. The number of pyridine rings is 1. The van der Waals surface area contributed by atoms with Crippen LogP contribution in [0.25, 0.3) is 16.6 Å². The van der Waals surface area contributed by atoms with Gasteiger partial charge >= 0.3 is 0 Å². The van der Waals surface area contributed by atoms with Gasteiger partial charge < -0.3 is 30.6 Å². The van der Waals surface area contributed by atoms with Gasteiger partial charge in [0.25, 0.3) is 17.6 Å². The van der Waals surface area contributed by atoms with E-state index < -0.39 is 11.7 Å². The van der Waals surface area contributed by atoms with Gasteiger partial charge in [0.2, 0.25) is 0 Å². The topological polar surface area (TPSA) is 146 Å². The molecule has 4 N–H and O–H groups in total. The summed E-state index contributed by atoms with van der Waals surface area (Å²) >= 11 is 0. The Morgan fingerprint density at radius 1 is 1.18 bits per heavy atom. The number of carbonyl (C=O) groups excluding carboxylic acids is 3. The second-order valence-corrected chi connectivity index (χ2v) is 8.71. The number of hydrogen-bond donors (Lipinski definition) is 3.